The quantitative estimate of drug-likeness (QED) is 0.623. The van der Waals surface area contributed by atoms with Gasteiger partial charge in [-0.25, -0.2) is 4.98 Å². The van der Waals surface area contributed by atoms with E-state index in [1.54, 1.807) is 17.8 Å². The molecule has 1 aromatic heterocycles. The number of carbonyl (C=O) groups is 1. The fourth-order valence-corrected chi connectivity index (χ4v) is 4.13. The number of nitrogens with two attached hydrogens (primary N) is 1. The fraction of sp³-hybridized carbons (Fsp3) is 0.500. The van der Waals surface area contributed by atoms with E-state index in [0.717, 1.165) is 19.3 Å². The summed E-state index contributed by atoms with van der Waals surface area (Å²) in [5.74, 6) is 2.43. The Labute approximate surface area is 163 Å². The molecule has 142 valence electrons. The third-order valence-corrected chi connectivity index (χ3v) is 5.65. The van der Waals surface area contributed by atoms with Crippen molar-refractivity contribution in [1.29, 1.82) is 0 Å². The maximum atomic E-state index is 12.1. The molecular weight excluding hydrogens is 372 g/mol. The average Bonchev–Trinajstić information content (AvgIpc) is 3.06. The maximum Gasteiger partial charge on any atom is 0.258 e. The summed E-state index contributed by atoms with van der Waals surface area (Å²) in [4.78, 5) is 31.4. The van der Waals surface area contributed by atoms with E-state index in [0.29, 0.717) is 47.1 Å². The fourth-order valence-electron chi connectivity index (χ4n) is 3.32. The predicted molar refractivity (Wildman–Crippen MR) is 109 cm³/mol. The van der Waals surface area contributed by atoms with Crippen LogP contribution in [0.2, 0.25) is 0 Å². The number of fused-ring (bicyclic) bond motifs is 1. The summed E-state index contributed by atoms with van der Waals surface area (Å²) in [6.07, 6.45) is 3.75. The van der Waals surface area contributed by atoms with E-state index in [2.05, 4.69) is 15.3 Å². The van der Waals surface area contributed by atoms with Crippen molar-refractivity contribution >= 4 is 41.0 Å². The SMILES string of the molecule is Cl.NCC1CCCC1NC(=O)CCSCc1nc2ccccc2c(=O)[nH]1. The van der Waals surface area contributed by atoms with Crippen LogP contribution in [0.3, 0.4) is 0 Å². The standard InChI is InChI=1S/C18H24N4O2S.ClH/c19-10-12-4-3-7-14(12)21-17(23)8-9-25-11-16-20-15-6-2-1-5-13(15)18(24)22-16;/h1-2,5-6,12,14H,3-4,7-11,19H2,(H,21,23)(H,20,22,24);1H. The van der Waals surface area contributed by atoms with Crippen LogP contribution in [0.1, 0.15) is 31.5 Å². The third-order valence-electron chi connectivity index (χ3n) is 4.68. The minimum Gasteiger partial charge on any atom is -0.353 e. The highest BCUT2D eigenvalue weighted by Gasteiger charge is 2.26. The molecule has 1 aliphatic rings. The van der Waals surface area contributed by atoms with Gasteiger partial charge >= 0.3 is 0 Å². The number of hydrogen-bond acceptors (Lipinski definition) is 5. The summed E-state index contributed by atoms with van der Waals surface area (Å²) >= 11 is 1.60. The zero-order chi connectivity index (χ0) is 17.6. The molecule has 1 aliphatic carbocycles. The number of halogens is 1. The van der Waals surface area contributed by atoms with Gasteiger partial charge < -0.3 is 16.0 Å². The number of aromatic amines is 1. The summed E-state index contributed by atoms with van der Waals surface area (Å²) in [6, 6.07) is 7.53. The monoisotopic (exact) mass is 396 g/mol. The van der Waals surface area contributed by atoms with Gasteiger partial charge in [-0.3, -0.25) is 9.59 Å². The molecule has 0 aliphatic heterocycles. The lowest BCUT2D eigenvalue weighted by Gasteiger charge is -2.19. The van der Waals surface area contributed by atoms with Crippen molar-refractivity contribution in [2.75, 3.05) is 12.3 Å². The number of carbonyl (C=O) groups excluding carboxylic acids is 1. The summed E-state index contributed by atoms with van der Waals surface area (Å²) in [5, 5.41) is 3.70. The van der Waals surface area contributed by atoms with Crippen molar-refractivity contribution in [2.45, 2.75) is 37.5 Å². The van der Waals surface area contributed by atoms with Gasteiger partial charge in [0.1, 0.15) is 5.82 Å². The first-order valence-corrected chi connectivity index (χ1v) is 9.88. The number of nitrogens with zero attached hydrogens (tertiary/aromatic N) is 1. The highest BCUT2D eigenvalue weighted by Crippen LogP contribution is 2.24. The first-order valence-electron chi connectivity index (χ1n) is 8.72. The molecule has 3 rings (SSSR count). The highest BCUT2D eigenvalue weighted by molar-refractivity contribution is 7.98. The van der Waals surface area contributed by atoms with E-state index in [1.165, 1.54) is 0 Å². The van der Waals surface area contributed by atoms with Gasteiger partial charge in [0.25, 0.3) is 5.56 Å². The lowest BCUT2D eigenvalue weighted by atomic mass is 10.0. The van der Waals surface area contributed by atoms with E-state index in [4.69, 9.17) is 5.73 Å². The number of thioether (sulfide) groups is 1. The Hall–Kier alpha value is -1.57. The van der Waals surface area contributed by atoms with Crippen LogP contribution in [0.25, 0.3) is 10.9 Å². The summed E-state index contributed by atoms with van der Waals surface area (Å²) in [6.45, 7) is 0.640. The Morgan fingerprint density at radius 2 is 2.15 bits per heavy atom. The molecule has 0 radical (unpaired) electrons. The number of amides is 1. The van der Waals surface area contributed by atoms with Crippen molar-refractivity contribution in [3.63, 3.8) is 0 Å². The molecule has 0 spiro atoms. The number of hydrogen-bond donors (Lipinski definition) is 3. The molecule has 0 bridgehead atoms. The second kappa shape index (κ2) is 9.94. The predicted octanol–water partition coefficient (Wildman–Crippen LogP) is 2.21. The van der Waals surface area contributed by atoms with Gasteiger partial charge in [-0.05, 0) is 37.4 Å². The first kappa shape index (κ1) is 20.7. The van der Waals surface area contributed by atoms with Crippen molar-refractivity contribution in [3.05, 3.63) is 40.4 Å². The molecule has 8 heteroatoms. The minimum absolute atomic E-state index is 0. The van der Waals surface area contributed by atoms with Gasteiger partial charge in [0.15, 0.2) is 0 Å². The number of H-pyrrole nitrogens is 1. The van der Waals surface area contributed by atoms with Crippen LogP contribution in [-0.2, 0) is 10.5 Å². The Bertz CT molecular complexity index is 798. The topological polar surface area (TPSA) is 101 Å². The third kappa shape index (κ3) is 5.22. The number of aromatic nitrogens is 2. The molecule has 26 heavy (non-hydrogen) atoms. The molecular formula is C18H25ClN4O2S. The molecule has 2 aromatic rings. The lowest BCUT2D eigenvalue weighted by Crippen LogP contribution is -2.39. The molecule has 4 N–H and O–H groups in total. The zero-order valence-electron chi connectivity index (χ0n) is 14.6. The Morgan fingerprint density at radius 1 is 1.35 bits per heavy atom. The molecule has 1 aromatic carbocycles. The second-order valence-electron chi connectivity index (χ2n) is 6.43. The molecule has 1 saturated carbocycles. The van der Waals surface area contributed by atoms with Gasteiger partial charge in [0.05, 0.1) is 16.7 Å². The first-order chi connectivity index (χ1) is 12.2. The summed E-state index contributed by atoms with van der Waals surface area (Å²) in [7, 11) is 0. The van der Waals surface area contributed by atoms with Gasteiger partial charge in [0, 0.05) is 18.2 Å². The van der Waals surface area contributed by atoms with Gasteiger partial charge in [-0.15, -0.1) is 12.4 Å². The van der Waals surface area contributed by atoms with E-state index < -0.39 is 0 Å². The number of para-hydroxylation sites is 1. The summed E-state index contributed by atoms with van der Waals surface area (Å²) < 4.78 is 0. The largest absolute Gasteiger partial charge is 0.353 e. The van der Waals surface area contributed by atoms with E-state index in [-0.39, 0.29) is 29.9 Å². The normalized spacial score (nSPS) is 19.3. The number of rotatable bonds is 7. The van der Waals surface area contributed by atoms with E-state index in [9.17, 15) is 9.59 Å². The number of benzene rings is 1. The molecule has 2 atom stereocenters. The Kier molecular flexibility index (Phi) is 7.93. The van der Waals surface area contributed by atoms with Crippen molar-refractivity contribution in [1.82, 2.24) is 15.3 Å². The van der Waals surface area contributed by atoms with Gasteiger partial charge in [-0.1, -0.05) is 18.6 Å². The Morgan fingerprint density at radius 3 is 2.96 bits per heavy atom. The molecule has 1 amide bonds. The van der Waals surface area contributed by atoms with Gasteiger partial charge in [0.2, 0.25) is 5.91 Å². The van der Waals surface area contributed by atoms with Gasteiger partial charge in [-0.2, -0.15) is 11.8 Å². The Balaban J connectivity index is 0.00000243. The number of nitrogens with one attached hydrogen (secondary N) is 2. The average molecular weight is 397 g/mol. The van der Waals surface area contributed by atoms with Crippen LogP contribution in [0.5, 0.6) is 0 Å². The molecule has 1 heterocycles. The second-order valence-corrected chi connectivity index (χ2v) is 7.54. The molecule has 1 fully saturated rings. The zero-order valence-corrected chi connectivity index (χ0v) is 16.2. The smallest absolute Gasteiger partial charge is 0.258 e. The van der Waals surface area contributed by atoms with Crippen LogP contribution in [0.15, 0.2) is 29.1 Å². The lowest BCUT2D eigenvalue weighted by molar-refractivity contribution is -0.121. The molecule has 2 unspecified atom stereocenters. The van der Waals surface area contributed by atoms with Crippen LogP contribution < -0.4 is 16.6 Å². The van der Waals surface area contributed by atoms with Crippen molar-refractivity contribution in [3.8, 4) is 0 Å². The van der Waals surface area contributed by atoms with Crippen LogP contribution >= 0.6 is 24.2 Å². The maximum absolute atomic E-state index is 12.1. The minimum atomic E-state index is -0.118. The highest BCUT2D eigenvalue weighted by atomic mass is 35.5. The van der Waals surface area contributed by atoms with Crippen LogP contribution in [0.4, 0.5) is 0 Å². The van der Waals surface area contributed by atoms with E-state index >= 15 is 0 Å². The van der Waals surface area contributed by atoms with Crippen molar-refractivity contribution in [2.24, 2.45) is 11.7 Å². The van der Waals surface area contributed by atoms with Crippen LogP contribution in [0, 0.1) is 5.92 Å². The van der Waals surface area contributed by atoms with E-state index in [1.807, 2.05) is 18.2 Å². The molecule has 0 saturated heterocycles. The summed E-state index contributed by atoms with van der Waals surface area (Å²) in [5.41, 5.74) is 6.33. The van der Waals surface area contributed by atoms with Crippen molar-refractivity contribution < 1.29 is 4.79 Å². The molecule has 6 nitrogen and oxygen atoms in total. The van der Waals surface area contributed by atoms with Crippen LogP contribution in [-0.4, -0.2) is 34.2 Å².